The van der Waals surface area contributed by atoms with Gasteiger partial charge in [-0.05, 0) is 67.6 Å². The molecule has 0 radical (unpaired) electrons. The summed E-state index contributed by atoms with van der Waals surface area (Å²) >= 11 is 0. The fraction of sp³-hybridized carbons (Fsp3) is 0.636. The molecule has 0 aromatic carbocycles. The Balaban J connectivity index is 1.79. The lowest BCUT2D eigenvalue weighted by atomic mass is 9.48. The molecule has 2 fully saturated rings. The second kappa shape index (κ2) is 5.03. The van der Waals surface area contributed by atoms with Gasteiger partial charge in [0.2, 0.25) is 0 Å². The minimum absolute atomic E-state index is 0.0135. The van der Waals surface area contributed by atoms with Crippen LogP contribution >= 0.6 is 0 Å². The molecule has 25 heavy (non-hydrogen) atoms. The van der Waals surface area contributed by atoms with Gasteiger partial charge in [0.25, 0.3) is 0 Å². The highest BCUT2D eigenvalue weighted by Crippen LogP contribution is 2.67. The lowest BCUT2D eigenvalue weighted by Crippen LogP contribution is -2.57. The monoisotopic (exact) mass is 340 g/mol. The number of hydrogen-bond donors (Lipinski definition) is 1. The standard InChI is InChI=1S/C22H28O3/c1-13-11-19-17-6-5-15-12-16(24)7-9-20(15,3)18(17)8-10-21(19,4)22(13,25)14(2)23/h5-7,9,12-13,17-19,25H,8,10-11H2,1-4H3/t13-,17+,18-,19-,20-,21-,22-/m0/s1. The van der Waals surface area contributed by atoms with Crippen LogP contribution in [0.1, 0.15) is 47.0 Å². The number of hydrogen-bond acceptors (Lipinski definition) is 3. The summed E-state index contributed by atoms with van der Waals surface area (Å²) in [6.07, 6.45) is 12.6. The normalized spacial score (nSPS) is 50.8. The van der Waals surface area contributed by atoms with Gasteiger partial charge in [-0.2, -0.15) is 0 Å². The molecular formula is C22H28O3. The molecule has 0 heterocycles. The van der Waals surface area contributed by atoms with Crippen molar-refractivity contribution in [3.8, 4) is 0 Å². The zero-order valence-electron chi connectivity index (χ0n) is 15.6. The summed E-state index contributed by atoms with van der Waals surface area (Å²) in [6.45, 7) is 7.94. The van der Waals surface area contributed by atoms with Crippen molar-refractivity contribution in [3.05, 3.63) is 36.0 Å². The van der Waals surface area contributed by atoms with E-state index in [2.05, 4.69) is 32.1 Å². The van der Waals surface area contributed by atoms with Crippen molar-refractivity contribution in [3.63, 3.8) is 0 Å². The molecule has 4 rings (SSSR count). The lowest BCUT2D eigenvalue weighted by Gasteiger charge is -2.56. The molecule has 4 aliphatic carbocycles. The highest BCUT2D eigenvalue weighted by molar-refractivity contribution is 6.01. The molecule has 3 nitrogen and oxygen atoms in total. The Kier molecular flexibility index (Phi) is 3.41. The number of Topliss-reactive ketones (excluding diaryl/α,β-unsaturated/α-hetero) is 1. The quantitative estimate of drug-likeness (QED) is 0.793. The molecule has 0 spiro atoms. The van der Waals surface area contributed by atoms with Crippen LogP contribution in [0.25, 0.3) is 0 Å². The van der Waals surface area contributed by atoms with E-state index in [4.69, 9.17) is 0 Å². The Hall–Kier alpha value is -1.48. The van der Waals surface area contributed by atoms with Crippen LogP contribution in [-0.4, -0.2) is 22.3 Å². The number of rotatable bonds is 1. The summed E-state index contributed by atoms with van der Waals surface area (Å²) in [5.74, 6) is 1.04. The van der Waals surface area contributed by atoms with Crippen LogP contribution in [0.3, 0.4) is 0 Å². The van der Waals surface area contributed by atoms with Gasteiger partial charge in [0, 0.05) is 10.8 Å². The van der Waals surface area contributed by atoms with E-state index < -0.39 is 5.60 Å². The summed E-state index contributed by atoms with van der Waals surface area (Å²) in [6, 6.07) is 0. The Morgan fingerprint density at radius 3 is 2.64 bits per heavy atom. The zero-order chi connectivity index (χ0) is 18.2. The van der Waals surface area contributed by atoms with Gasteiger partial charge in [0.15, 0.2) is 11.6 Å². The SMILES string of the molecule is CC(=O)[C@@]1(O)[C@@H](C)C[C@H]2[C@@H]3C=CC4=CC(=O)C=C[C@]4(C)[C@H]3CC[C@@]21C. The van der Waals surface area contributed by atoms with E-state index in [-0.39, 0.29) is 28.3 Å². The molecule has 0 aliphatic heterocycles. The molecule has 0 aromatic heterocycles. The number of ketones is 2. The van der Waals surface area contributed by atoms with Crippen molar-refractivity contribution in [1.29, 1.82) is 0 Å². The van der Waals surface area contributed by atoms with Gasteiger partial charge >= 0.3 is 0 Å². The molecule has 0 aromatic rings. The average molecular weight is 340 g/mol. The first-order valence-electron chi connectivity index (χ1n) is 9.51. The van der Waals surface area contributed by atoms with E-state index in [0.29, 0.717) is 17.8 Å². The zero-order valence-corrected chi connectivity index (χ0v) is 15.6. The summed E-state index contributed by atoms with van der Waals surface area (Å²) in [4.78, 5) is 24.2. The van der Waals surface area contributed by atoms with Crippen LogP contribution in [0, 0.1) is 34.5 Å². The van der Waals surface area contributed by atoms with Crippen LogP contribution in [0.15, 0.2) is 36.0 Å². The van der Waals surface area contributed by atoms with Gasteiger partial charge in [-0.25, -0.2) is 0 Å². The first-order chi connectivity index (χ1) is 11.6. The van der Waals surface area contributed by atoms with E-state index in [1.165, 1.54) is 0 Å². The summed E-state index contributed by atoms with van der Waals surface area (Å²) in [5.41, 5.74) is -0.589. The fourth-order valence-electron chi connectivity index (χ4n) is 6.75. The first-order valence-corrected chi connectivity index (χ1v) is 9.51. The van der Waals surface area contributed by atoms with E-state index >= 15 is 0 Å². The molecule has 4 aliphatic rings. The highest BCUT2D eigenvalue weighted by atomic mass is 16.3. The molecule has 0 amide bonds. The molecule has 3 heteroatoms. The van der Waals surface area contributed by atoms with Gasteiger partial charge in [-0.15, -0.1) is 0 Å². The van der Waals surface area contributed by atoms with Crippen molar-refractivity contribution < 1.29 is 14.7 Å². The van der Waals surface area contributed by atoms with Crippen LogP contribution in [0.2, 0.25) is 0 Å². The van der Waals surface area contributed by atoms with Gasteiger partial charge < -0.3 is 5.11 Å². The van der Waals surface area contributed by atoms with Crippen molar-refractivity contribution in [2.24, 2.45) is 34.5 Å². The van der Waals surface area contributed by atoms with Crippen LogP contribution < -0.4 is 0 Å². The molecule has 0 saturated heterocycles. The molecule has 1 N–H and O–H groups in total. The van der Waals surface area contributed by atoms with Crippen molar-refractivity contribution >= 4 is 11.6 Å². The first kappa shape index (κ1) is 17.0. The summed E-state index contributed by atoms with van der Waals surface area (Å²) < 4.78 is 0. The topological polar surface area (TPSA) is 54.4 Å². The Bertz CT molecular complexity index is 744. The molecule has 2 saturated carbocycles. The molecule has 0 bridgehead atoms. The largest absolute Gasteiger partial charge is 0.381 e. The Labute approximate surface area is 149 Å². The maximum absolute atomic E-state index is 12.4. The smallest absolute Gasteiger partial charge is 0.178 e. The van der Waals surface area contributed by atoms with Crippen molar-refractivity contribution in [1.82, 2.24) is 0 Å². The van der Waals surface area contributed by atoms with Crippen LogP contribution in [0.5, 0.6) is 0 Å². The van der Waals surface area contributed by atoms with Crippen LogP contribution in [-0.2, 0) is 9.59 Å². The predicted molar refractivity (Wildman–Crippen MR) is 96.7 cm³/mol. The number of carbonyl (C=O) groups excluding carboxylic acids is 2. The third-order valence-corrected chi connectivity index (χ3v) is 8.23. The average Bonchev–Trinajstić information content (AvgIpc) is 2.77. The number of aliphatic hydroxyl groups is 1. The van der Waals surface area contributed by atoms with Gasteiger partial charge in [-0.1, -0.05) is 39.0 Å². The van der Waals surface area contributed by atoms with Crippen molar-refractivity contribution in [2.45, 2.75) is 52.6 Å². The molecular weight excluding hydrogens is 312 g/mol. The third-order valence-electron chi connectivity index (χ3n) is 8.23. The minimum Gasteiger partial charge on any atom is -0.381 e. The lowest BCUT2D eigenvalue weighted by molar-refractivity contribution is -0.161. The molecule has 0 unspecified atom stereocenters. The van der Waals surface area contributed by atoms with Crippen molar-refractivity contribution in [2.75, 3.05) is 0 Å². The maximum Gasteiger partial charge on any atom is 0.178 e. The predicted octanol–water partition coefficient (Wildman–Crippen LogP) is 3.64. The van der Waals surface area contributed by atoms with Crippen LogP contribution in [0.4, 0.5) is 0 Å². The van der Waals surface area contributed by atoms with E-state index in [1.54, 1.807) is 19.1 Å². The van der Waals surface area contributed by atoms with E-state index in [0.717, 1.165) is 24.8 Å². The van der Waals surface area contributed by atoms with Gasteiger partial charge in [0.1, 0.15) is 5.60 Å². The molecule has 7 atom stereocenters. The van der Waals surface area contributed by atoms with E-state index in [1.807, 2.05) is 6.92 Å². The number of allylic oxidation sites excluding steroid dienone is 6. The minimum atomic E-state index is -1.22. The van der Waals surface area contributed by atoms with Gasteiger partial charge in [-0.3, -0.25) is 9.59 Å². The number of carbonyl (C=O) groups is 2. The highest BCUT2D eigenvalue weighted by Gasteiger charge is 2.67. The molecule has 134 valence electrons. The maximum atomic E-state index is 12.4. The van der Waals surface area contributed by atoms with E-state index in [9.17, 15) is 14.7 Å². The fourth-order valence-corrected chi connectivity index (χ4v) is 6.75. The Morgan fingerprint density at radius 1 is 1.24 bits per heavy atom. The second-order valence-corrected chi connectivity index (χ2v) is 9.18. The summed E-state index contributed by atoms with van der Waals surface area (Å²) in [7, 11) is 0. The number of fused-ring (bicyclic) bond motifs is 5. The third kappa shape index (κ3) is 1.91. The second-order valence-electron chi connectivity index (χ2n) is 9.18. The summed E-state index contributed by atoms with van der Waals surface area (Å²) in [5, 5.41) is 11.4. The van der Waals surface area contributed by atoms with Gasteiger partial charge in [0.05, 0.1) is 0 Å². The Morgan fingerprint density at radius 2 is 1.96 bits per heavy atom.